The highest BCUT2D eigenvalue weighted by Gasteiger charge is 2.30. The fraction of sp³-hybridized carbons (Fsp3) is 0.625. The molecule has 0 spiro atoms. The fourth-order valence-electron chi connectivity index (χ4n) is 3.17. The lowest BCUT2D eigenvalue weighted by atomic mass is 9.83. The minimum absolute atomic E-state index is 0.513. The summed E-state index contributed by atoms with van der Waals surface area (Å²) < 4.78 is 37.6. The molecule has 20 heavy (non-hydrogen) atoms. The van der Waals surface area contributed by atoms with E-state index in [1.807, 2.05) is 0 Å². The molecule has 0 saturated heterocycles. The van der Waals surface area contributed by atoms with Gasteiger partial charge in [-0.15, -0.1) is 0 Å². The molecule has 2 N–H and O–H groups in total. The molecule has 1 aromatic rings. The van der Waals surface area contributed by atoms with Gasteiger partial charge >= 0.3 is 6.18 Å². The molecule has 2 unspecified atom stereocenters. The van der Waals surface area contributed by atoms with Crippen molar-refractivity contribution in [3.05, 3.63) is 35.4 Å². The molecule has 0 radical (unpaired) electrons. The predicted molar refractivity (Wildman–Crippen MR) is 74.3 cm³/mol. The van der Waals surface area contributed by atoms with Crippen LogP contribution in [0.3, 0.4) is 0 Å². The van der Waals surface area contributed by atoms with E-state index in [0.717, 1.165) is 24.8 Å². The van der Waals surface area contributed by atoms with E-state index in [-0.39, 0.29) is 0 Å². The van der Waals surface area contributed by atoms with Crippen LogP contribution in [-0.4, -0.2) is 6.54 Å². The zero-order valence-electron chi connectivity index (χ0n) is 11.6. The first-order valence-corrected chi connectivity index (χ1v) is 7.37. The Morgan fingerprint density at radius 3 is 2.10 bits per heavy atom. The van der Waals surface area contributed by atoms with Crippen LogP contribution in [0.15, 0.2) is 24.3 Å². The number of hydrogen-bond acceptors (Lipinski definition) is 1. The van der Waals surface area contributed by atoms with Gasteiger partial charge in [0.15, 0.2) is 0 Å². The summed E-state index contributed by atoms with van der Waals surface area (Å²) >= 11 is 0. The highest BCUT2D eigenvalue weighted by Crippen LogP contribution is 2.32. The molecule has 0 amide bonds. The van der Waals surface area contributed by atoms with E-state index in [4.69, 9.17) is 5.73 Å². The first kappa shape index (κ1) is 15.4. The first-order chi connectivity index (χ1) is 9.50. The summed E-state index contributed by atoms with van der Waals surface area (Å²) in [6, 6.07) is 5.59. The number of benzene rings is 1. The molecule has 0 aromatic heterocycles. The second-order valence-corrected chi connectivity index (χ2v) is 5.79. The van der Waals surface area contributed by atoms with Gasteiger partial charge in [0.25, 0.3) is 0 Å². The van der Waals surface area contributed by atoms with Crippen LogP contribution in [0.2, 0.25) is 0 Å². The topological polar surface area (TPSA) is 26.0 Å². The normalized spacial score (nSPS) is 24.4. The summed E-state index contributed by atoms with van der Waals surface area (Å²) in [7, 11) is 0. The van der Waals surface area contributed by atoms with E-state index in [0.29, 0.717) is 18.4 Å². The summed E-state index contributed by atoms with van der Waals surface area (Å²) in [4.78, 5) is 0. The van der Waals surface area contributed by atoms with Crippen molar-refractivity contribution in [2.45, 2.75) is 44.7 Å². The highest BCUT2D eigenvalue weighted by molar-refractivity contribution is 5.25. The Labute approximate surface area is 118 Å². The standard InChI is InChI=1S/C16H22F3N/c17-16(18,19)15-8-6-12(7-9-15)10-13-4-2-1-3-5-14(13)11-20/h6-9,13-14H,1-5,10-11,20H2. The van der Waals surface area contributed by atoms with Crippen LogP contribution in [0.5, 0.6) is 0 Å². The molecule has 0 heterocycles. The van der Waals surface area contributed by atoms with Crippen molar-refractivity contribution in [1.29, 1.82) is 0 Å². The average Bonchev–Trinajstić information content (AvgIpc) is 2.63. The van der Waals surface area contributed by atoms with Crippen molar-refractivity contribution in [2.24, 2.45) is 17.6 Å². The van der Waals surface area contributed by atoms with E-state index >= 15 is 0 Å². The Hall–Kier alpha value is -1.03. The van der Waals surface area contributed by atoms with Crippen molar-refractivity contribution in [3.8, 4) is 0 Å². The maximum Gasteiger partial charge on any atom is 0.416 e. The zero-order valence-corrected chi connectivity index (χ0v) is 11.6. The van der Waals surface area contributed by atoms with Crippen molar-refractivity contribution >= 4 is 0 Å². The Bertz CT molecular complexity index is 411. The van der Waals surface area contributed by atoms with E-state index < -0.39 is 11.7 Å². The van der Waals surface area contributed by atoms with Gasteiger partial charge in [-0.05, 0) is 55.3 Å². The highest BCUT2D eigenvalue weighted by atomic mass is 19.4. The maximum absolute atomic E-state index is 12.5. The van der Waals surface area contributed by atoms with Gasteiger partial charge in [0.1, 0.15) is 0 Å². The molecule has 1 nitrogen and oxygen atoms in total. The minimum Gasteiger partial charge on any atom is -0.330 e. The monoisotopic (exact) mass is 285 g/mol. The summed E-state index contributed by atoms with van der Waals surface area (Å²) in [6.45, 7) is 0.686. The fourth-order valence-corrected chi connectivity index (χ4v) is 3.17. The molecule has 1 saturated carbocycles. The second-order valence-electron chi connectivity index (χ2n) is 5.79. The number of halogens is 3. The molecular weight excluding hydrogens is 263 g/mol. The maximum atomic E-state index is 12.5. The Balaban J connectivity index is 2.04. The van der Waals surface area contributed by atoms with Crippen LogP contribution in [0.4, 0.5) is 13.2 Å². The van der Waals surface area contributed by atoms with E-state index in [1.165, 1.54) is 31.4 Å². The average molecular weight is 285 g/mol. The van der Waals surface area contributed by atoms with Crippen molar-refractivity contribution in [1.82, 2.24) is 0 Å². The van der Waals surface area contributed by atoms with E-state index in [1.54, 1.807) is 12.1 Å². The molecule has 2 rings (SSSR count). The number of hydrogen-bond donors (Lipinski definition) is 1. The van der Waals surface area contributed by atoms with Gasteiger partial charge in [0.05, 0.1) is 5.56 Å². The lowest BCUT2D eigenvalue weighted by molar-refractivity contribution is -0.137. The molecule has 1 aliphatic carbocycles. The van der Waals surface area contributed by atoms with Gasteiger partial charge in [-0.3, -0.25) is 0 Å². The summed E-state index contributed by atoms with van der Waals surface area (Å²) in [5, 5.41) is 0. The van der Waals surface area contributed by atoms with Gasteiger partial charge in [0.2, 0.25) is 0 Å². The van der Waals surface area contributed by atoms with E-state index in [9.17, 15) is 13.2 Å². The molecule has 2 atom stereocenters. The zero-order chi connectivity index (χ0) is 14.6. The summed E-state index contributed by atoms with van der Waals surface area (Å²) in [5.74, 6) is 1.03. The molecule has 0 aliphatic heterocycles. The summed E-state index contributed by atoms with van der Waals surface area (Å²) in [6.07, 6.45) is 2.58. The third-order valence-electron chi connectivity index (χ3n) is 4.40. The van der Waals surface area contributed by atoms with Crippen LogP contribution >= 0.6 is 0 Å². The van der Waals surface area contributed by atoms with Gasteiger partial charge < -0.3 is 5.73 Å². The van der Waals surface area contributed by atoms with Crippen molar-refractivity contribution in [2.75, 3.05) is 6.54 Å². The van der Waals surface area contributed by atoms with Crippen molar-refractivity contribution in [3.63, 3.8) is 0 Å². The first-order valence-electron chi connectivity index (χ1n) is 7.37. The van der Waals surface area contributed by atoms with E-state index in [2.05, 4.69) is 0 Å². The largest absolute Gasteiger partial charge is 0.416 e. The Kier molecular flexibility index (Phi) is 5.08. The smallest absolute Gasteiger partial charge is 0.330 e. The Morgan fingerprint density at radius 1 is 0.950 bits per heavy atom. The van der Waals surface area contributed by atoms with Crippen LogP contribution in [-0.2, 0) is 12.6 Å². The summed E-state index contributed by atoms with van der Waals surface area (Å²) in [5.41, 5.74) is 6.27. The predicted octanol–water partition coefficient (Wildman–Crippen LogP) is 4.40. The van der Waals surface area contributed by atoms with Crippen molar-refractivity contribution < 1.29 is 13.2 Å². The minimum atomic E-state index is -4.25. The lowest BCUT2D eigenvalue weighted by Gasteiger charge is -2.24. The third-order valence-corrected chi connectivity index (χ3v) is 4.40. The van der Waals surface area contributed by atoms with Crippen LogP contribution in [0.1, 0.15) is 43.2 Å². The SMILES string of the molecule is NCC1CCCCCC1Cc1ccc(C(F)(F)F)cc1. The Morgan fingerprint density at radius 2 is 1.55 bits per heavy atom. The van der Waals surface area contributed by atoms with Gasteiger partial charge in [0, 0.05) is 0 Å². The molecule has 4 heteroatoms. The number of nitrogens with two attached hydrogens (primary N) is 1. The van der Waals surface area contributed by atoms with Crippen LogP contribution < -0.4 is 5.73 Å². The molecule has 1 aromatic carbocycles. The quantitative estimate of drug-likeness (QED) is 0.818. The molecular formula is C16H22F3N. The van der Waals surface area contributed by atoms with Gasteiger partial charge in [-0.25, -0.2) is 0 Å². The van der Waals surface area contributed by atoms with Gasteiger partial charge in [-0.2, -0.15) is 13.2 Å². The van der Waals surface area contributed by atoms with Gasteiger partial charge in [-0.1, -0.05) is 31.4 Å². The number of alkyl halides is 3. The van der Waals surface area contributed by atoms with Crippen LogP contribution in [0.25, 0.3) is 0 Å². The second kappa shape index (κ2) is 6.61. The lowest BCUT2D eigenvalue weighted by Crippen LogP contribution is -2.24. The van der Waals surface area contributed by atoms with Crippen LogP contribution in [0, 0.1) is 11.8 Å². The molecule has 1 aliphatic rings. The third kappa shape index (κ3) is 3.98. The molecule has 1 fully saturated rings. The number of rotatable bonds is 3. The molecule has 112 valence electrons. The molecule has 0 bridgehead atoms.